The number of carbonyl (C=O) groups is 2. The van der Waals surface area contributed by atoms with E-state index in [0.717, 1.165) is 63.7 Å². The van der Waals surface area contributed by atoms with Crippen LogP contribution in [0.3, 0.4) is 0 Å². The van der Waals surface area contributed by atoms with Gasteiger partial charge in [0.2, 0.25) is 0 Å². The number of carbonyl (C=O) groups excluding carboxylic acids is 2. The highest BCUT2D eigenvalue weighted by Crippen LogP contribution is 2.61. The molecule has 1 saturated heterocycles. The lowest BCUT2D eigenvalue weighted by Crippen LogP contribution is -2.42. The molecule has 0 bridgehead atoms. The number of nitrogens with one attached hydrogen (secondary N) is 1. The van der Waals surface area contributed by atoms with Crippen molar-refractivity contribution in [3.63, 3.8) is 0 Å². The number of hydrogen-bond acceptors (Lipinski definition) is 4. The minimum Gasteiger partial charge on any atom is -0.350 e. The molecule has 4 aliphatic rings. The van der Waals surface area contributed by atoms with Gasteiger partial charge in [0.25, 0.3) is 11.8 Å². The summed E-state index contributed by atoms with van der Waals surface area (Å²) in [6.07, 6.45) is 13.2. The lowest BCUT2D eigenvalue weighted by atomic mass is 9.79. The van der Waals surface area contributed by atoms with Gasteiger partial charge in [-0.1, -0.05) is 19.1 Å². The van der Waals surface area contributed by atoms with Gasteiger partial charge in [-0.15, -0.1) is 5.73 Å². The highest BCUT2D eigenvalue weighted by molar-refractivity contribution is 5.95. The van der Waals surface area contributed by atoms with Gasteiger partial charge in [0, 0.05) is 45.0 Å². The van der Waals surface area contributed by atoms with Crippen LogP contribution in [0.4, 0.5) is 0 Å². The summed E-state index contributed by atoms with van der Waals surface area (Å²) in [5.41, 5.74) is 4.58. The number of fused-ring (bicyclic) bond motifs is 2. The van der Waals surface area contributed by atoms with E-state index in [1.165, 1.54) is 25.7 Å². The maximum Gasteiger partial charge on any atom is 0.274 e. The van der Waals surface area contributed by atoms with Gasteiger partial charge in [-0.3, -0.25) is 18.9 Å². The average Bonchev–Trinajstić information content (AvgIpc) is 3.34. The summed E-state index contributed by atoms with van der Waals surface area (Å²) in [6, 6.07) is 6.21. The number of hydrogen-bond donors (Lipinski definition) is 1. The van der Waals surface area contributed by atoms with Crippen LogP contribution in [0.25, 0.3) is 5.65 Å². The summed E-state index contributed by atoms with van der Waals surface area (Å²) in [5.74, 6) is 1.49. The van der Waals surface area contributed by atoms with Crippen molar-refractivity contribution in [1.29, 1.82) is 0 Å². The van der Waals surface area contributed by atoms with Crippen LogP contribution >= 0.6 is 0 Å². The molecule has 2 amide bonds. The van der Waals surface area contributed by atoms with E-state index in [1.807, 2.05) is 29.2 Å². The van der Waals surface area contributed by atoms with Gasteiger partial charge in [0.05, 0.1) is 0 Å². The second kappa shape index (κ2) is 9.53. The summed E-state index contributed by atoms with van der Waals surface area (Å²) in [5, 5.41) is 3.20. The molecular weight excluding hydrogens is 450 g/mol. The van der Waals surface area contributed by atoms with E-state index in [-0.39, 0.29) is 17.2 Å². The molecule has 3 saturated carbocycles. The van der Waals surface area contributed by atoms with Crippen LogP contribution in [-0.2, 0) is 0 Å². The molecule has 1 aliphatic heterocycles. The van der Waals surface area contributed by atoms with Crippen LogP contribution < -0.4 is 5.32 Å². The Kier molecular flexibility index (Phi) is 6.22. The average molecular weight is 488 g/mol. The van der Waals surface area contributed by atoms with Crippen LogP contribution in [0.15, 0.2) is 42.8 Å². The van der Waals surface area contributed by atoms with Crippen LogP contribution in [0.1, 0.15) is 72.3 Å². The van der Waals surface area contributed by atoms with Crippen LogP contribution in [-0.4, -0.2) is 69.8 Å². The fourth-order valence-corrected chi connectivity index (χ4v) is 6.75. The Hall–Kier alpha value is -2.89. The molecule has 0 radical (unpaired) electrons. The third-order valence-corrected chi connectivity index (χ3v) is 9.12. The number of allylic oxidation sites excluding steroid dienone is 1. The van der Waals surface area contributed by atoms with Gasteiger partial charge >= 0.3 is 0 Å². The number of rotatable bonds is 7. The summed E-state index contributed by atoms with van der Waals surface area (Å²) in [6.45, 7) is 7.86. The molecule has 4 fully saturated rings. The summed E-state index contributed by atoms with van der Waals surface area (Å²) < 4.78 is 1.77. The van der Waals surface area contributed by atoms with Gasteiger partial charge in [-0.2, -0.15) is 0 Å². The first-order chi connectivity index (χ1) is 17.5. The van der Waals surface area contributed by atoms with Crippen LogP contribution in [0.5, 0.6) is 0 Å². The first kappa shape index (κ1) is 23.5. The monoisotopic (exact) mass is 487 g/mol. The SMILES string of the molecule is C=C=CCC1(CNC(=O)c2cccc3nc(C(=O)N4CCCN(C5CCC5)CC4)cn23)CC2CC2C1. The molecule has 2 unspecified atom stereocenters. The predicted octanol–water partition coefficient (Wildman–Crippen LogP) is 3.91. The van der Waals surface area contributed by atoms with Crippen molar-refractivity contribution in [2.75, 3.05) is 32.7 Å². The molecule has 0 spiro atoms. The van der Waals surface area contributed by atoms with Gasteiger partial charge in [0.1, 0.15) is 17.0 Å². The third-order valence-electron chi connectivity index (χ3n) is 9.12. The van der Waals surface area contributed by atoms with Gasteiger partial charge in [-0.25, -0.2) is 4.98 Å². The quantitative estimate of drug-likeness (QED) is 0.601. The van der Waals surface area contributed by atoms with Gasteiger partial charge in [-0.05, 0) is 80.4 Å². The Balaban J connectivity index is 1.15. The zero-order valence-electron chi connectivity index (χ0n) is 21.1. The van der Waals surface area contributed by atoms with Crippen molar-refractivity contribution < 1.29 is 9.59 Å². The fourth-order valence-electron chi connectivity index (χ4n) is 6.75. The number of imidazole rings is 1. The van der Waals surface area contributed by atoms with E-state index in [2.05, 4.69) is 27.5 Å². The maximum atomic E-state index is 13.4. The fraction of sp³-hybridized carbons (Fsp3) is 0.586. The lowest BCUT2D eigenvalue weighted by molar-refractivity contribution is 0.0744. The van der Waals surface area contributed by atoms with Crippen molar-refractivity contribution in [1.82, 2.24) is 24.5 Å². The Labute approximate surface area is 213 Å². The maximum absolute atomic E-state index is 13.4. The lowest BCUT2D eigenvalue weighted by Gasteiger charge is -2.36. The zero-order valence-corrected chi connectivity index (χ0v) is 21.1. The molecule has 6 rings (SSSR count). The summed E-state index contributed by atoms with van der Waals surface area (Å²) in [7, 11) is 0. The van der Waals surface area contributed by atoms with Gasteiger partial charge in [0.15, 0.2) is 0 Å². The molecule has 190 valence electrons. The van der Waals surface area contributed by atoms with Crippen molar-refractivity contribution in [3.8, 4) is 0 Å². The Morgan fingerprint density at radius 2 is 1.97 bits per heavy atom. The van der Waals surface area contributed by atoms with E-state index in [9.17, 15) is 9.59 Å². The van der Waals surface area contributed by atoms with Crippen molar-refractivity contribution >= 4 is 17.5 Å². The van der Waals surface area contributed by atoms with E-state index in [4.69, 9.17) is 0 Å². The Bertz CT molecular complexity index is 1200. The molecule has 36 heavy (non-hydrogen) atoms. The minimum atomic E-state index is -0.120. The standard InChI is InChI=1S/C29H37N5O2/c1-2-3-11-29(17-21-16-22(21)18-29)20-30-27(35)25-9-5-10-26-31-24(19-34(25)26)28(36)33-13-6-12-32(14-15-33)23-7-4-8-23/h3,5,9-10,19,21-23H,1,4,6-8,11-18,20H2,(H,30,35). The molecule has 7 heteroatoms. The van der Waals surface area contributed by atoms with Crippen molar-refractivity contribution in [2.45, 2.75) is 57.4 Å². The summed E-state index contributed by atoms with van der Waals surface area (Å²) in [4.78, 5) is 35.7. The Morgan fingerprint density at radius 1 is 1.14 bits per heavy atom. The molecule has 0 aromatic carbocycles. The molecule has 2 aromatic heterocycles. The molecule has 3 aliphatic carbocycles. The van der Waals surface area contributed by atoms with Crippen LogP contribution in [0.2, 0.25) is 0 Å². The van der Waals surface area contributed by atoms with E-state index < -0.39 is 0 Å². The molecule has 7 nitrogen and oxygen atoms in total. The minimum absolute atomic E-state index is 0.0409. The smallest absolute Gasteiger partial charge is 0.274 e. The van der Waals surface area contributed by atoms with E-state index >= 15 is 0 Å². The predicted molar refractivity (Wildman–Crippen MR) is 139 cm³/mol. The molecule has 2 atom stereocenters. The zero-order chi connectivity index (χ0) is 24.7. The number of aromatic nitrogens is 2. The van der Waals surface area contributed by atoms with Gasteiger partial charge < -0.3 is 10.2 Å². The molecular formula is C29H37N5O2. The Morgan fingerprint density at radius 3 is 2.72 bits per heavy atom. The molecule has 1 N–H and O–H groups in total. The van der Waals surface area contributed by atoms with Crippen LogP contribution in [0, 0.1) is 17.3 Å². The number of amides is 2. The molecule has 2 aromatic rings. The highest BCUT2D eigenvalue weighted by atomic mass is 16.2. The normalized spacial score (nSPS) is 28.2. The second-order valence-electron chi connectivity index (χ2n) is 11.5. The summed E-state index contributed by atoms with van der Waals surface area (Å²) >= 11 is 0. The molecule has 3 heterocycles. The number of pyridine rings is 1. The third kappa shape index (κ3) is 4.51. The van der Waals surface area contributed by atoms with E-state index in [1.54, 1.807) is 10.6 Å². The largest absolute Gasteiger partial charge is 0.350 e. The first-order valence-corrected chi connectivity index (χ1v) is 13.7. The topological polar surface area (TPSA) is 70.0 Å². The number of nitrogens with zero attached hydrogens (tertiary/aromatic N) is 4. The van der Waals surface area contributed by atoms with Crippen molar-refractivity contribution in [2.24, 2.45) is 17.3 Å². The highest BCUT2D eigenvalue weighted by Gasteiger charge is 2.53. The van der Waals surface area contributed by atoms with E-state index in [0.29, 0.717) is 29.6 Å². The first-order valence-electron chi connectivity index (χ1n) is 13.7. The second-order valence-corrected chi connectivity index (χ2v) is 11.5. The van der Waals surface area contributed by atoms with Crippen molar-refractivity contribution in [3.05, 3.63) is 54.2 Å².